The highest BCUT2D eigenvalue weighted by Gasteiger charge is 2.51. The lowest BCUT2D eigenvalue weighted by Crippen LogP contribution is -2.52. The van der Waals surface area contributed by atoms with E-state index in [1.54, 1.807) is 30.3 Å². The number of alkyl carbamates (subject to hydrolysis) is 1. The van der Waals surface area contributed by atoms with Gasteiger partial charge in [-0.1, -0.05) is 18.6 Å². The Morgan fingerprint density at radius 2 is 1.72 bits per heavy atom. The van der Waals surface area contributed by atoms with Crippen molar-refractivity contribution in [2.24, 2.45) is 11.8 Å². The van der Waals surface area contributed by atoms with Gasteiger partial charge in [-0.25, -0.2) is 17.6 Å². The smallest absolute Gasteiger partial charge is 0.407 e. The number of sulfone groups is 1. The highest BCUT2D eigenvalue weighted by atomic mass is 32.2. The first kappa shape index (κ1) is 34.2. The number of carbonyl (C=O) groups excluding carboxylic acids is 1. The molecule has 1 saturated heterocycles. The fourth-order valence-corrected chi connectivity index (χ4v) is 10.3. The van der Waals surface area contributed by atoms with E-state index in [2.05, 4.69) is 16.3 Å². The maximum Gasteiger partial charge on any atom is 0.407 e. The van der Waals surface area contributed by atoms with Crippen LogP contribution in [0.5, 0.6) is 5.75 Å². The summed E-state index contributed by atoms with van der Waals surface area (Å²) in [7, 11) is -1.79. The molecule has 0 radical (unpaired) electrons. The molecule has 2 aromatic carbocycles. The lowest BCUT2D eigenvalue weighted by Gasteiger charge is -2.50. The molecule has 1 unspecified atom stereocenters. The normalized spacial score (nSPS) is 26.3. The van der Waals surface area contributed by atoms with Crippen molar-refractivity contribution in [3.05, 3.63) is 59.9 Å². The fraction of sp³-hybridized carbons (Fsp3) is 0.649. The minimum atomic E-state index is -3.21. The largest absolute Gasteiger partial charge is 0.491 e. The van der Waals surface area contributed by atoms with E-state index < -0.39 is 15.9 Å². The average molecular weight is 671 g/mol. The lowest BCUT2D eigenvalue weighted by atomic mass is 9.55. The van der Waals surface area contributed by atoms with Crippen LogP contribution in [0.25, 0.3) is 0 Å². The van der Waals surface area contributed by atoms with Crippen LogP contribution in [0.1, 0.15) is 82.6 Å². The predicted molar refractivity (Wildman–Crippen MR) is 179 cm³/mol. The Morgan fingerprint density at radius 1 is 0.957 bits per heavy atom. The van der Waals surface area contributed by atoms with Crippen LogP contribution in [0.3, 0.4) is 0 Å². The molecular weight excluding hydrogens is 619 g/mol. The van der Waals surface area contributed by atoms with Gasteiger partial charge in [0.05, 0.1) is 30.0 Å². The summed E-state index contributed by atoms with van der Waals surface area (Å²) in [5.74, 6) is 0.965. The number of nitrogens with zero attached hydrogens (tertiary/aromatic N) is 1. The molecule has 1 aliphatic heterocycles. The van der Waals surface area contributed by atoms with Crippen LogP contribution in [0.2, 0.25) is 0 Å². The van der Waals surface area contributed by atoms with E-state index in [0.29, 0.717) is 29.8 Å². The van der Waals surface area contributed by atoms with E-state index in [4.69, 9.17) is 14.2 Å². The molecule has 258 valence electrons. The molecule has 0 spiro atoms. The number of hydrogen-bond acceptors (Lipinski definition) is 7. The number of nitrogens with one attached hydrogen (secondary N) is 1. The third-order valence-electron chi connectivity index (χ3n) is 11.3. The Labute approximate surface area is 279 Å². The molecule has 3 atom stereocenters. The van der Waals surface area contributed by atoms with Gasteiger partial charge in [-0.2, -0.15) is 0 Å². The number of ether oxygens (including phenoxy) is 3. The molecule has 1 N–H and O–H groups in total. The Bertz CT molecular complexity index is 1440. The van der Waals surface area contributed by atoms with Crippen molar-refractivity contribution in [3.8, 4) is 5.75 Å². The maximum atomic E-state index is 14.9. The summed E-state index contributed by atoms with van der Waals surface area (Å²) in [6.07, 6.45) is 11.2. The van der Waals surface area contributed by atoms with Crippen molar-refractivity contribution in [2.45, 2.75) is 105 Å². The van der Waals surface area contributed by atoms with Crippen LogP contribution in [0.4, 0.5) is 9.18 Å². The van der Waals surface area contributed by atoms with Gasteiger partial charge in [0.15, 0.2) is 9.84 Å². The van der Waals surface area contributed by atoms with Crippen molar-refractivity contribution >= 4 is 15.9 Å². The second-order valence-corrected chi connectivity index (χ2v) is 16.3. The molecule has 3 aliphatic carbocycles. The van der Waals surface area contributed by atoms with Gasteiger partial charge in [-0.05, 0) is 144 Å². The maximum absolute atomic E-state index is 14.9. The van der Waals surface area contributed by atoms with Gasteiger partial charge >= 0.3 is 6.09 Å². The number of methoxy groups -OCH3 is 1. The van der Waals surface area contributed by atoms with Gasteiger partial charge in [0.1, 0.15) is 18.2 Å². The summed E-state index contributed by atoms with van der Waals surface area (Å²) in [6.45, 7) is 4.21. The van der Waals surface area contributed by atoms with Gasteiger partial charge in [0.25, 0.3) is 0 Å². The molecule has 3 saturated carbocycles. The van der Waals surface area contributed by atoms with Crippen molar-refractivity contribution in [1.82, 2.24) is 10.2 Å². The minimum absolute atomic E-state index is 0.0104. The van der Waals surface area contributed by atoms with Gasteiger partial charge in [0.2, 0.25) is 0 Å². The van der Waals surface area contributed by atoms with Crippen molar-refractivity contribution in [1.29, 1.82) is 0 Å². The quantitative estimate of drug-likeness (QED) is 0.212. The molecule has 4 fully saturated rings. The van der Waals surface area contributed by atoms with E-state index >= 15 is 0 Å². The highest BCUT2D eigenvalue weighted by Crippen LogP contribution is 2.54. The van der Waals surface area contributed by atoms with Gasteiger partial charge in [0, 0.05) is 11.5 Å². The predicted octanol–water partition coefficient (Wildman–Crippen LogP) is 6.66. The number of halogens is 1. The van der Waals surface area contributed by atoms with Crippen LogP contribution >= 0.6 is 0 Å². The first-order valence-electron chi connectivity index (χ1n) is 17.7. The Hall–Kier alpha value is -2.69. The lowest BCUT2D eigenvalue weighted by molar-refractivity contribution is -0.0144. The van der Waals surface area contributed by atoms with Crippen molar-refractivity contribution < 1.29 is 31.8 Å². The second-order valence-electron chi connectivity index (χ2n) is 14.0. The molecule has 10 heteroatoms. The molecule has 0 bridgehead atoms. The Kier molecular flexibility index (Phi) is 11.1. The first-order chi connectivity index (χ1) is 22.8. The van der Waals surface area contributed by atoms with Crippen molar-refractivity contribution in [3.63, 3.8) is 0 Å². The number of amides is 1. The standard InChI is InChI=1S/C37H51FN2O6S/c1-44-36(41)39-35-9-3-8-34(35)37(20-4-21-40-22-5-23-40,28-6-2-7-29(38)26-28)27-10-12-30(13-11-27)45-24-25-46-31-14-16-32(17-15-31)47(42,43)33-18-19-33/h2,6-7,14-17,26-27,30,33-35H,3-5,8-13,18-25H2,1H3,(H,39,41)/t27?,30?,34-,35-,37?/m0/s1. The first-order valence-corrected chi connectivity index (χ1v) is 19.3. The van der Waals surface area contributed by atoms with Gasteiger partial charge < -0.3 is 24.4 Å². The molecule has 1 heterocycles. The van der Waals surface area contributed by atoms with Crippen LogP contribution in [-0.2, 0) is 24.7 Å². The summed E-state index contributed by atoms with van der Waals surface area (Å²) in [4.78, 5) is 15.3. The minimum Gasteiger partial charge on any atom is -0.491 e. The molecule has 1 amide bonds. The third kappa shape index (κ3) is 7.97. The zero-order chi connectivity index (χ0) is 32.9. The van der Waals surface area contributed by atoms with E-state index in [1.165, 1.54) is 19.6 Å². The number of benzene rings is 2. The van der Waals surface area contributed by atoms with Crippen LogP contribution in [0.15, 0.2) is 53.4 Å². The molecule has 47 heavy (non-hydrogen) atoms. The van der Waals surface area contributed by atoms with Crippen LogP contribution in [0, 0.1) is 17.7 Å². The molecule has 4 aliphatic rings. The third-order valence-corrected chi connectivity index (χ3v) is 13.5. The van der Waals surface area contributed by atoms with Gasteiger partial charge in [-0.3, -0.25) is 0 Å². The zero-order valence-corrected chi connectivity index (χ0v) is 28.5. The molecule has 8 nitrogen and oxygen atoms in total. The summed E-state index contributed by atoms with van der Waals surface area (Å²) in [6, 6.07) is 14.0. The fourth-order valence-electron chi connectivity index (χ4n) is 8.64. The van der Waals surface area contributed by atoms with Gasteiger partial charge in [-0.15, -0.1) is 0 Å². The summed E-state index contributed by atoms with van der Waals surface area (Å²) < 4.78 is 57.1. The molecule has 6 rings (SSSR count). The molecular formula is C37H51FN2O6S. The highest BCUT2D eigenvalue weighted by molar-refractivity contribution is 7.92. The topological polar surface area (TPSA) is 94.2 Å². The average Bonchev–Trinajstić information content (AvgIpc) is 3.83. The Balaban J connectivity index is 1.11. The number of likely N-dealkylation sites (tertiary alicyclic amines) is 1. The summed E-state index contributed by atoms with van der Waals surface area (Å²) in [5.41, 5.74) is 0.806. The number of carbonyl (C=O) groups is 1. The van der Waals surface area contributed by atoms with Crippen LogP contribution in [-0.4, -0.2) is 76.8 Å². The second kappa shape index (κ2) is 15.2. The van der Waals surface area contributed by atoms with Crippen molar-refractivity contribution in [2.75, 3.05) is 40.0 Å². The zero-order valence-electron chi connectivity index (χ0n) is 27.7. The van der Waals surface area contributed by atoms with E-state index in [9.17, 15) is 17.6 Å². The summed E-state index contributed by atoms with van der Waals surface area (Å²) in [5, 5.41) is 2.95. The number of hydrogen-bond donors (Lipinski definition) is 1. The number of rotatable bonds is 15. The van der Waals surface area contributed by atoms with E-state index in [-0.39, 0.29) is 34.5 Å². The summed E-state index contributed by atoms with van der Waals surface area (Å²) >= 11 is 0. The van der Waals surface area contributed by atoms with E-state index in [0.717, 1.165) is 95.8 Å². The van der Waals surface area contributed by atoms with Crippen LogP contribution < -0.4 is 10.1 Å². The van der Waals surface area contributed by atoms with E-state index in [1.807, 2.05) is 6.07 Å². The molecule has 0 aromatic heterocycles. The Morgan fingerprint density at radius 3 is 2.38 bits per heavy atom. The SMILES string of the molecule is COC(=O)N[C@H]1CCC[C@@H]1C(CCCN1CCC1)(c1cccc(F)c1)C1CCC(OCCOc2ccc(S(=O)(=O)C3CC3)cc2)CC1. The monoisotopic (exact) mass is 670 g/mol. The molecule has 2 aromatic rings.